The van der Waals surface area contributed by atoms with E-state index in [0.717, 1.165) is 0 Å². The Hall–Kier alpha value is -1.72. The van der Waals surface area contributed by atoms with Crippen LogP contribution in [0.5, 0.6) is 5.75 Å². The zero-order chi connectivity index (χ0) is 12.0. The molecule has 0 radical (unpaired) electrons. The molecule has 0 heterocycles. The maximum atomic E-state index is 11.6. The van der Waals surface area contributed by atoms with Crippen molar-refractivity contribution in [2.45, 2.75) is 0 Å². The van der Waals surface area contributed by atoms with Gasteiger partial charge in [-0.25, -0.2) is 0 Å². The second kappa shape index (κ2) is 5.99. The Bertz CT molecular complexity index is 443. The molecule has 0 fully saturated rings. The topological polar surface area (TPSA) is 98.1 Å². The molecule has 0 unspecified atom stereocenters. The Morgan fingerprint density at radius 3 is 3.06 bits per heavy atom. The summed E-state index contributed by atoms with van der Waals surface area (Å²) in [7, 11) is 0. The number of carbonyl (C=O) groups is 1. The molecule has 1 rings (SSSR count). The number of aromatic hydroxyl groups is 1. The molecule has 0 aliphatic rings. The number of azide groups is 1. The quantitative estimate of drug-likeness (QED) is 0.383. The van der Waals surface area contributed by atoms with Gasteiger partial charge in [0.2, 0.25) is 0 Å². The smallest absolute Gasteiger partial charge is 0.255 e. The summed E-state index contributed by atoms with van der Waals surface area (Å²) in [6, 6.07) is 4.57. The Kier molecular flexibility index (Phi) is 4.63. The first-order valence-corrected chi connectivity index (χ1v) is 5.22. The van der Waals surface area contributed by atoms with Crippen molar-refractivity contribution in [3.05, 3.63) is 38.7 Å². The second-order valence-electron chi connectivity index (χ2n) is 2.87. The Morgan fingerprint density at radius 1 is 1.62 bits per heavy atom. The van der Waals surface area contributed by atoms with Gasteiger partial charge in [0.05, 0.1) is 5.56 Å². The number of carbonyl (C=O) groups excluding carboxylic acids is 1. The summed E-state index contributed by atoms with van der Waals surface area (Å²) in [5.74, 6) is -0.503. The van der Waals surface area contributed by atoms with Crippen LogP contribution in [0.25, 0.3) is 10.4 Å². The lowest BCUT2D eigenvalue weighted by atomic mass is 10.2. The highest BCUT2D eigenvalue weighted by molar-refractivity contribution is 9.10. The molecular weight excluding hydrogens is 276 g/mol. The van der Waals surface area contributed by atoms with Crippen molar-refractivity contribution < 1.29 is 9.90 Å². The third-order valence-electron chi connectivity index (χ3n) is 1.76. The van der Waals surface area contributed by atoms with Crippen LogP contribution in [0.4, 0.5) is 0 Å². The lowest BCUT2D eigenvalue weighted by molar-refractivity contribution is 0.0952. The summed E-state index contributed by atoms with van der Waals surface area (Å²) in [4.78, 5) is 14.1. The lowest BCUT2D eigenvalue weighted by Crippen LogP contribution is -2.25. The summed E-state index contributed by atoms with van der Waals surface area (Å²) in [5, 5.41) is 15.2. The van der Waals surface area contributed by atoms with Crippen LogP contribution in [-0.4, -0.2) is 24.1 Å². The third kappa shape index (κ3) is 3.45. The number of nitrogens with zero attached hydrogens (tertiary/aromatic N) is 3. The molecule has 2 N–H and O–H groups in total. The second-order valence-corrected chi connectivity index (χ2v) is 3.79. The molecule has 7 heteroatoms. The van der Waals surface area contributed by atoms with E-state index in [4.69, 9.17) is 5.53 Å². The van der Waals surface area contributed by atoms with Crippen LogP contribution in [0.15, 0.2) is 27.8 Å². The van der Waals surface area contributed by atoms with Crippen LogP contribution in [0.2, 0.25) is 0 Å². The molecule has 0 aromatic heterocycles. The number of nitrogens with one attached hydrogen (secondary N) is 1. The molecule has 0 atom stereocenters. The van der Waals surface area contributed by atoms with Gasteiger partial charge in [-0.15, -0.1) is 0 Å². The molecule has 6 nitrogen and oxygen atoms in total. The van der Waals surface area contributed by atoms with E-state index < -0.39 is 5.91 Å². The number of rotatable bonds is 4. The highest BCUT2D eigenvalue weighted by Gasteiger charge is 2.10. The fourth-order valence-electron chi connectivity index (χ4n) is 1.05. The average molecular weight is 285 g/mol. The highest BCUT2D eigenvalue weighted by atomic mass is 79.9. The van der Waals surface area contributed by atoms with Gasteiger partial charge in [-0.1, -0.05) is 21.0 Å². The van der Waals surface area contributed by atoms with Crippen LogP contribution in [0, 0.1) is 0 Å². The van der Waals surface area contributed by atoms with Crippen LogP contribution >= 0.6 is 15.9 Å². The number of halogens is 1. The molecule has 16 heavy (non-hydrogen) atoms. The maximum absolute atomic E-state index is 11.6. The Morgan fingerprint density at radius 2 is 2.38 bits per heavy atom. The van der Waals surface area contributed by atoms with Crippen molar-refractivity contribution in [1.29, 1.82) is 0 Å². The van der Waals surface area contributed by atoms with E-state index in [-0.39, 0.29) is 24.4 Å². The molecule has 0 aliphatic heterocycles. The van der Waals surface area contributed by atoms with Crippen molar-refractivity contribution in [3.63, 3.8) is 0 Å². The van der Waals surface area contributed by atoms with Gasteiger partial charge >= 0.3 is 0 Å². The van der Waals surface area contributed by atoms with E-state index in [0.29, 0.717) is 4.47 Å². The van der Waals surface area contributed by atoms with Crippen molar-refractivity contribution in [2.75, 3.05) is 13.1 Å². The largest absolute Gasteiger partial charge is 0.507 e. The van der Waals surface area contributed by atoms with Gasteiger partial charge in [0.15, 0.2) is 0 Å². The van der Waals surface area contributed by atoms with Gasteiger partial charge in [0.25, 0.3) is 5.91 Å². The predicted octanol–water partition coefficient (Wildman–Crippen LogP) is 2.19. The van der Waals surface area contributed by atoms with E-state index >= 15 is 0 Å². The minimum absolute atomic E-state index is 0.0931. The molecule has 1 amide bonds. The summed E-state index contributed by atoms with van der Waals surface area (Å²) < 4.78 is 0.700. The average Bonchev–Trinajstić information content (AvgIpc) is 2.27. The standard InChI is InChI=1S/C9H9BrN4O2/c10-6-1-2-8(15)7(5-6)9(16)12-3-4-13-14-11/h1-2,5,15H,3-4H2,(H,12,16). The van der Waals surface area contributed by atoms with Crippen molar-refractivity contribution >= 4 is 21.8 Å². The predicted molar refractivity (Wildman–Crippen MR) is 62.2 cm³/mol. The minimum atomic E-state index is -0.410. The Balaban J connectivity index is 2.65. The normalized spacial score (nSPS) is 9.31. The van der Waals surface area contributed by atoms with Gasteiger partial charge in [-0.05, 0) is 23.7 Å². The Labute approximate surface area is 100 Å². The number of benzene rings is 1. The molecule has 1 aromatic carbocycles. The van der Waals surface area contributed by atoms with Crippen LogP contribution in [0.3, 0.4) is 0 Å². The molecular formula is C9H9BrN4O2. The molecule has 0 saturated carbocycles. The monoisotopic (exact) mass is 284 g/mol. The highest BCUT2D eigenvalue weighted by Crippen LogP contribution is 2.21. The fraction of sp³-hybridized carbons (Fsp3) is 0.222. The number of phenols is 1. The van der Waals surface area contributed by atoms with Gasteiger partial charge in [0.1, 0.15) is 5.75 Å². The zero-order valence-electron chi connectivity index (χ0n) is 8.22. The van der Waals surface area contributed by atoms with E-state index in [1.54, 1.807) is 6.07 Å². The molecule has 1 aromatic rings. The zero-order valence-corrected chi connectivity index (χ0v) is 9.81. The summed E-state index contributed by atoms with van der Waals surface area (Å²) in [6.45, 7) is 0.409. The van der Waals surface area contributed by atoms with Gasteiger partial charge < -0.3 is 10.4 Å². The van der Waals surface area contributed by atoms with Crippen LogP contribution in [-0.2, 0) is 0 Å². The number of hydrogen-bond donors (Lipinski definition) is 2. The summed E-state index contributed by atoms with van der Waals surface area (Å²) in [5.41, 5.74) is 8.20. The SMILES string of the molecule is [N-]=[N+]=NCCNC(=O)c1cc(Br)ccc1O. The van der Waals surface area contributed by atoms with Gasteiger partial charge in [-0.2, -0.15) is 0 Å². The first kappa shape index (κ1) is 12.4. The van der Waals surface area contributed by atoms with Crippen LogP contribution in [0.1, 0.15) is 10.4 Å². The first-order chi connectivity index (χ1) is 7.65. The molecule has 84 valence electrons. The molecule has 0 saturated heterocycles. The van der Waals surface area contributed by atoms with E-state index in [1.165, 1.54) is 12.1 Å². The lowest BCUT2D eigenvalue weighted by Gasteiger charge is -2.05. The maximum Gasteiger partial charge on any atom is 0.255 e. The van der Waals surface area contributed by atoms with Gasteiger partial charge in [0, 0.05) is 22.5 Å². The fourth-order valence-corrected chi connectivity index (χ4v) is 1.41. The van der Waals surface area contributed by atoms with Crippen molar-refractivity contribution in [2.24, 2.45) is 5.11 Å². The summed E-state index contributed by atoms with van der Waals surface area (Å²) in [6.07, 6.45) is 0. The van der Waals surface area contributed by atoms with E-state index in [1.807, 2.05) is 0 Å². The summed E-state index contributed by atoms with van der Waals surface area (Å²) >= 11 is 3.20. The van der Waals surface area contributed by atoms with Gasteiger partial charge in [-0.3, -0.25) is 4.79 Å². The number of hydrogen-bond acceptors (Lipinski definition) is 3. The van der Waals surface area contributed by atoms with Crippen molar-refractivity contribution in [3.8, 4) is 5.75 Å². The minimum Gasteiger partial charge on any atom is -0.507 e. The van der Waals surface area contributed by atoms with E-state index in [2.05, 4.69) is 31.3 Å². The number of phenolic OH excluding ortho intramolecular Hbond substituents is 1. The van der Waals surface area contributed by atoms with Crippen LogP contribution < -0.4 is 5.32 Å². The van der Waals surface area contributed by atoms with E-state index in [9.17, 15) is 9.90 Å². The van der Waals surface area contributed by atoms with Crippen molar-refractivity contribution in [1.82, 2.24) is 5.32 Å². The first-order valence-electron chi connectivity index (χ1n) is 4.42. The molecule has 0 bridgehead atoms. The third-order valence-corrected chi connectivity index (χ3v) is 2.26. The molecule has 0 spiro atoms. The molecule has 0 aliphatic carbocycles. The number of amides is 1.